The maximum Gasteiger partial charge on any atom is 0.266 e. The molecule has 1 fully saturated rings. The second kappa shape index (κ2) is 6.51. The number of methoxy groups -OCH3 is 1. The van der Waals surface area contributed by atoms with Gasteiger partial charge in [-0.25, -0.2) is 0 Å². The van der Waals surface area contributed by atoms with E-state index in [1.807, 2.05) is 29.8 Å². The van der Waals surface area contributed by atoms with Gasteiger partial charge in [-0.05, 0) is 49.5 Å². The van der Waals surface area contributed by atoms with Crippen LogP contribution in [0.5, 0.6) is 5.75 Å². The topological polar surface area (TPSA) is 71.9 Å². The SMILES string of the molecule is COc1ccc2[nH]c(=O)c3sccc3c2c1-c1cnn(C2CCNCC2)c1. The molecule has 1 saturated heterocycles. The summed E-state index contributed by atoms with van der Waals surface area (Å²) in [5.74, 6) is 0.784. The molecule has 1 aliphatic heterocycles. The van der Waals surface area contributed by atoms with Crippen molar-refractivity contribution < 1.29 is 4.74 Å². The van der Waals surface area contributed by atoms with Crippen molar-refractivity contribution in [2.45, 2.75) is 18.9 Å². The molecule has 7 heteroatoms. The molecule has 5 rings (SSSR count). The summed E-state index contributed by atoms with van der Waals surface area (Å²) in [4.78, 5) is 15.4. The number of rotatable bonds is 3. The van der Waals surface area contributed by atoms with Crippen molar-refractivity contribution in [3.8, 4) is 16.9 Å². The number of H-pyrrole nitrogens is 1. The lowest BCUT2D eigenvalue weighted by atomic mass is 9.99. The quantitative estimate of drug-likeness (QED) is 0.570. The van der Waals surface area contributed by atoms with Gasteiger partial charge in [0.2, 0.25) is 0 Å². The fourth-order valence-electron chi connectivity index (χ4n) is 4.02. The molecule has 4 aromatic rings. The molecule has 27 heavy (non-hydrogen) atoms. The first-order valence-corrected chi connectivity index (χ1v) is 9.99. The van der Waals surface area contributed by atoms with Crippen molar-refractivity contribution in [2.24, 2.45) is 0 Å². The minimum Gasteiger partial charge on any atom is -0.496 e. The van der Waals surface area contributed by atoms with Crippen LogP contribution in [0.4, 0.5) is 0 Å². The van der Waals surface area contributed by atoms with Gasteiger partial charge >= 0.3 is 0 Å². The molecule has 0 amide bonds. The van der Waals surface area contributed by atoms with E-state index < -0.39 is 0 Å². The Kier molecular flexibility index (Phi) is 3.98. The molecule has 0 bridgehead atoms. The number of thiophene rings is 1. The third kappa shape index (κ3) is 2.65. The number of ether oxygens (including phenoxy) is 1. The first-order chi connectivity index (χ1) is 13.3. The molecule has 0 radical (unpaired) electrons. The van der Waals surface area contributed by atoms with Gasteiger partial charge in [0.15, 0.2) is 0 Å². The van der Waals surface area contributed by atoms with E-state index in [2.05, 4.69) is 26.3 Å². The number of pyridine rings is 1. The molecule has 1 aromatic carbocycles. The predicted octanol–water partition coefficient (Wildman–Crippen LogP) is 3.54. The zero-order valence-corrected chi connectivity index (χ0v) is 15.8. The van der Waals surface area contributed by atoms with E-state index in [-0.39, 0.29) is 5.56 Å². The van der Waals surface area contributed by atoms with Gasteiger partial charge in [0.1, 0.15) is 10.4 Å². The van der Waals surface area contributed by atoms with Crippen LogP contribution >= 0.6 is 11.3 Å². The first kappa shape index (κ1) is 16.5. The second-order valence-electron chi connectivity index (χ2n) is 6.87. The second-order valence-corrected chi connectivity index (χ2v) is 7.79. The van der Waals surface area contributed by atoms with Crippen LogP contribution in [0.25, 0.3) is 32.1 Å². The normalized spacial score (nSPS) is 15.6. The highest BCUT2D eigenvalue weighted by molar-refractivity contribution is 7.17. The van der Waals surface area contributed by atoms with E-state index in [0.29, 0.717) is 6.04 Å². The Morgan fingerprint density at radius 3 is 2.93 bits per heavy atom. The van der Waals surface area contributed by atoms with Crippen LogP contribution in [0, 0.1) is 0 Å². The molecule has 0 unspecified atom stereocenters. The summed E-state index contributed by atoms with van der Waals surface area (Å²) < 4.78 is 8.50. The zero-order valence-electron chi connectivity index (χ0n) is 15.0. The summed E-state index contributed by atoms with van der Waals surface area (Å²) in [6.45, 7) is 2.04. The van der Waals surface area contributed by atoms with Gasteiger partial charge in [0.05, 0.1) is 19.3 Å². The number of piperidine rings is 1. The monoisotopic (exact) mass is 380 g/mol. The number of hydrogen-bond donors (Lipinski definition) is 2. The fourth-order valence-corrected chi connectivity index (χ4v) is 4.82. The highest BCUT2D eigenvalue weighted by Crippen LogP contribution is 2.40. The maximum absolute atomic E-state index is 12.4. The van der Waals surface area contributed by atoms with Crippen molar-refractivity contribution in [2.75, 3.05) is 20.2 Å². The number of fused-ring (bicyclic) bond motifs is 3. The van der Waals surface area contributed by atoms with Crippen LogP contribution in [0.1, 0.15) is 18.9 Å². The molecule has 138 valence electrons. The Bertz CT molecular complexity index is 1180. The van der Waals surface area contributed by atoms with Crippen molar-refractivity contribution in [1.29, 1.82) is 0 Å². The minimum atomic E-state index is -0.0472. The number of aromatic nitrogens is 3. The largest absolute Gasteiger partial charge is 0.496 e. The van der Waals surface area contributed by atoms with E-state index in [9.17, 15) is 4.79 Å². The molecule has 4 heterocycles. The highest BCUT2D eigenvalue weighted by Gasteiger charge is 2.20. The van der Waals surface area contributed by atoms with Crippen LogP contribution in [-0.4, -0.2) is 35.0 Å². The molecule has 0 atom stereocenters. The number of nitrogens with one attached hydrogen (secondary N) is 2. The van der Waals surface area contributed by atoms with Gasteiger partial charge in [0, 0.05) is 33.6 Å². The van der Waals surface area contributed by atoms with Crippen LogP contribution in [0.2, 0.25) is 0 Å². The lowest BCUT2D eigenvalue weighted by Gasteiger charge is -2.22. The van der Waals surface area contributed by atoms with Crippen LogP contribution in [0.15, 0.2) is 40.8 Å². The standard InChI is InChI=1S/C20H20N4O2S/c1-26-16-3-2-15-18(14-6-9-27-19(14)20(25)23-15)17(16)12-10-22-24(11-12)13-4-7-21-8-5-13/h2-3,6,9-11,13,21H,4-5,7-8H2,1H3,(H,23,25). The third-order valence-corrected chi connectivity index (χ3v) is 6.26. The van der Waals surface area contributed by atoms with Gasteiger partial charge < -0.3 is 15.0 Å². The van der Waals surface area contributed by atoms with Crippen molar-refractivity contribution in [3.05, 3.63) is 46.3 Å². The summed E-state index contributed by atoms with van der Waals surface area (Å²) >= 11 is 1.46. The molecule has 0 aliphatic carbocycles. The molecule has 6 nitrogen and oxygen atoms in total. The van der Waals surface area contributed by atoms with Gasteiger partial charge in [-0.1, -0.05) is 0 Å². The summed E-state index contributed by atoms with van der Waals surface area (Å²) in [5.41, 5.74) is 2.76. The predicted molar refractivity (Wildman–Crippen MR) is 109 cm³/mol. The van der Waals surface area contributed by atoms with Gasteiger partial charge in [-0.15, -0.1) is 11.3 Å². The fraction of sp³-hybridized carbons (Fsp3) is 0.300. The molecular formula is C20H20N4O2S. The smallest absolute Gasteiger partial charge is 0.266 e. The molecule has 0 spiro atoms. The summed E-state index contributed by atoms with van der Waals surface area (Å²) in [7, 11) is 1.68. The Balaban J connectivity index is 1.75. The van der Waals surface area contributed by atoms with Gasteiger partial charge in [0.25, 0.3) is 5.56 Å². The molecule has 1 aliphatic rings. The summed E-state index contributed by atoms with van der Waals surface area (Å²) in [6, 6.07) is 6.25. The summed E-state index contributed by atoms with van der Waals surface area (Å²) in [5, 5.41) is 12.0. The van der Waals surface area contributed by atoms with Gasteiger partial charge in [-0.2, -0.15) is 5.10 Å². The average Bonchev–Trinajstić information content (AvgIpc) is 3.38. The Labute approximate surface area is 159 Å². The lowest BCUT2D eigenvalue weighted by Crippen LogP contribution is -2.29. The lowest BCUT2D eigenvalue weighted by molar-refractivity contribution is 0.343. The number of benzene rings is 1. The summed E-state index contributed by atoms with van der Waals surface area (Å²) in [6.07, 6.45) is 6.17. The number of hydrogen-bond acceptors (Lipinski definition) is 5. The maximum atomic E-state index is 12.4. The molecule has 0 saturated carbocycles. The van der Waals surface area contributed by atoms with Crippen LogP contribution in [-0.2, 0) is 0 Å². The minimum absolute atomic E-state index is 0.0472. The van der Waals surface area contributed by atoms with Crippen molar-refractivity contribution >= 4 is 32.3 Å². The number of aromatic amines is 1. The van der Waals surface area contributed by atoms with Crippen LogP contribution < -0.4 is 15.6 Å². The van der Waals surface area contributed by atoms with E-state index in [1.165, 1.54) is 11.3 Å². The molecular weight excluding hydrogens is 360 g/mol. The zero-order chi connectivity index (χ0) is 18.4. The first-order valence-electron chi connectivity index (χ1n) is 9.11. The molecule has 3 aromatic heterocycles. The third-order valence-electron chi connectivity index (χ3n) is 5.35. The van der Waals surface area contributed by atoms with Crippen LogP contribution in [0.3, 0.4) is 0 Å². The van der Waals surface area contributed by atoms with Crippen molar-refractivity contribution in [3.63, 3.8) is 0 Å². The van der Waals surface area contributed by atoms with E-state index in [0.717, 1.165) is 63.8 Å². The van der Waals surface area contributed by atoms with Gasteiger partial charge in [-0.3, -0.25) is 9.48 Å². The van der Waals surface area contributed by atoms with E-state index >= 15 is 0 Å². The Hall–Kier alpha value is -2.64. The van der Waals surface area contributed by atoms with E-state index in [1.54, 1.807) is 7.11 Å². The Morgan fingerprint density at radius 1 is 1.26 bits per heavy atom. The number of nitrogens with zero attached hydrogens (tertiary/aromatic N) is 2. The highest BCUT2D eigenvalue weighted by atomic mass is 32.1. The average molecular weight is 380 g/mol. The Morgan fingerprint density at radius 2 is 2.11 bits per heavy atom. The van der Waals surface area contributed by atoms with E-state index in [4.69, 9.17) is 4.74 Å². The molecule has 2 N–H and O–H groups in total. The van der Waals surface area contributed by atoms with Crippen molar-refractivity contribution in [1.82, 2.24) is 20.1 Å².